The summed E-state index contributed by atoms with van der Waals surface area (Å²) in [4.78, 5) is 15.2. The maximum absolute atomic E-state index is 13.1. The molecule has 0 saturated carbocycles. The van der Waals surface area contributed by atoms with Gasteiger partial charge < -0.3 is 10.2 Å². The van der Waals surface area contributed by atoms with Crippen LogP contribution in [0.3, 0.4) is 0 Å². The second-order valence-corrected chi connectivity index (χ2v) is 9.44. The molecule has 1 aromatic carbocycles. The third-order valence-electron chi connectivity index (χ3n) is 5.76. The monoisotopic (exact) mass is 417 g/mol. The highest BCUT2D eigenvalue weighted by Gasteiger charge is 2.37. The fraction of sp³-hybridized carbons (Fsp3) is 0.500. The van der Waals surface area contributed by atoms with E-state index < -0.39 is 16.2 Å². The number of carbonyl (C=O) groups excluding carboxylic acids is 1. The lowest BCUT2D eigenvalue weighted by molar-refractivity contribution is 0.0658. The zero-order chi connectivity index (χ0) is 20.6. The Morgan fingerprint density at radius 3 is 2.90 bits per heavy atom. The van der Waals surface area contributed by atoms with E-state index in [1.54, 1.807) is 24.4 Å². The molecule has 0 aliphatic carbocycles. The number of aryl methyl sites for hydroxylation is 1. The van der Waals surface area contributed by atoms with Gasteiger partial charge in [-0.1, -0.05) is 19.1 Å². The number of amides is 1. The normalized spacial score (nSPS) is 23.3. The van der Waals surface area contributed by atoms with E-state index in [2.05, 4.69) is 22.1 Å². The van der Waals surface area contributed by atoms with Gasteiger partial charge in [-0.2, -0.15) is 9.82 Å². The van der Waals surface area contributed by atoms with E-state index in [-0.39, 0.29) is 16.7 Å². The molecule has 9 heteroatoms. The van der Waals surface area contributed by atoms with Crippen molar-refractivity contribution in [3.05, 3.63) is 41.7 Å². The van der Waals surface area contributed by atoms with E-state index in [4.69, 9.17) is 0 Å². The number of likely N-dealkylation sites (tertiary alicyclic amines) is 1. The molecule has 2 unspecified atom stereocenters. The summed E-state index contributed by atoms with van der Waals surface area (Å²) in [5, 5.41) is 7.65. The van der Waals surface area contributed by atoms with Crippen molar-refractivity contribution in [2.24, 2.45) is 5.92 Å². The summed E-state index contributed by atoms with van der Waals surface area (Å²) >= 11 is 0. The smallest absolute Gasteiger partial charge is 0.257 e. The molecule has 2 atom stereocenters. The Morgan fingerprint density at radius 1 is 1.31 bits per heavy atom. The van der Waals surface area contributed by atoms with Gasteiger partial charge in [0.15, 0.2) is 0 Å². The van der Waals surface area contributed by atoms with Crippen LogP contribution in [0, 0.1) is 12.8 Å². The van der Waals surface area contributed by atoms with Crippen molar-refractivity contribution in [3.63, 3.8) is 0 Å². The lowest BCUT2D eigenvalue weighted by atomic mass is 9.94. The average Bonchev–Trinajstić information content (AvgIpc) is 3.08. The number of sulfonamides is 1. The molecular weight excluding hydrogens is 390 g/mol. The number of fused-ring (bicyclic) bond motifs is 1. The molecule has 2 aliphatic heterocycles. The molecule has 156 valence electrons. The SMILES string of the molecule is CCCn1ncc(C(=O)N2CCCC(C3Nc4ccccc4S(=O)(=O)N3)C2)c1C. The Balaban J connectivity index is 1.51. The number of para-hydroxylation sites is 1. The molecule has 2 N–H and O–H groups in total. The topological polar surface area (TPSA) is 96.3 Å². The summed E-state index contributed by atoms with van der Waals surface area (Å²) < 4.78 is 29.9. The summed E-state index contributed by atoms with van der Waals surface area (Å²) in [6.45, 7) is 5.96. The van der Waals surface area contributed by atoms with E-state index in [9.17, 15) is 13.2 Å². The lowest BCUT2D eigenvalue weighted by Crippen LogP contribution is -2.54. The van der Waals surface area contributed by atoms with Crippen LogP contribution < -0.4 is 10.0 Å². The maximum atomic E-state index is 13.1. The Hall–Kier alpha value is -2.39. The van der Waals surface area contributed by atoms with Gasteiger partial charge in [-0.3, -0.25) is 9.48 Å². The predicted molar refractivity (Wildman–Crippen MR) is 110 cm³/mol. The zero-order valence-electron chi connectivity index (χ0n) is 16.8. The van der Waals surface area contributed by atoms with Crippen LogP contribution in [0.5, 0.6) is 0 Å². The second kappa shape index (κ2) is 7.79. The average molecular weight is 418 g/mol. The summed E-state index contributed by atoms with van der Waals surface area (Å²) in [5.74, 6) is -0.0459. The van der Waals surface area contributed by atoms with Crippen LogP contribution >= 0.6 is 0 Å². The minimum absolute atomic E-state index is 0.0122. The van der Waals surface area contributed by atoms with Crippen molar-refractivity contribution < 1.29 is 13.2 Å². The van der Waals surface area contributed by atoms with Crippen LogP contribution in [-0.4, -0.2) is 48.3 Å². The first kappa shape index (κ1) is 19.9. The molecule has 2 aliphatic rings. The number of benzene rings is 1. The number of nitrogens with one attached hydrogen (secondary N) is 2. The minimum Gasteiger partial charge on any atom is -0.368 e. The zero-order valence-corrected chi connectivity index (χ0v) is 17.6. The van der Waals surface area contributed by atoms with E-state index >= 15 is 0 Å². The first-order valence-electron chi connectivity index (χ1n) is 10.1. The molecule has 3 heterocycles. The van der Waals surface area contributed by atoms with Crippen molar-refractivity contribution in [1.29, 1.82) is 0 Å². The van der Waals surface area contributed by atoms with Gasteiger partial charge in [-0.05, 0) is 38.3 Å². The maximum Gasteiger partial charge on any atom is 0.257 e. The number of piperidine rings is 1. The number of nitrogens with zero attached hydrogens (tertiary/aromatic N) is 3. The number of anilines is 1. The first-order valence-corrected chi connectivity index (χ1v) is 11.6. The molecule has 1 saturated heterocycles. The minimum atomic E-state index is -3.57. The van der Waals surface area contributed by atoms with E-state index in [0.29, 0.717) is 24.3 Å². The third-order valence-corrected chi connectivity index (χ3v) is 7.25. The Labute approximate surface area is 171 Å². The van der Waals surface area contributed by atoms with Crippen molar-refractivity contribution in [1.82, 2.24) is 19.4 Å². The van der Waals surface area contributed by atoms with Crippen LogP contribution in [0.4, 0.5) is 5.69 Å². The molecule has 1 amide bonds. The fourth-order valence-electron chi connectivity index (χ4n) is 4.19. The van der Waals surface area contributed by atoms with Crippen molar-refractivity contribution in [3.8, 4) is 0 Å². The van der Waals surface area contributed by atoms with E-state index in [1.165, 1.54) is 0 Å². The van der Waals surface area contributed by atoms with Crippen LogP contribution in [-0.2, 0) is 16.6 Å². The summed E-state index contributed by atoms with van der Waals surface area (Å²) in [6, 6.07) is 6.89. The highest BCUT2D eigenvalue weighted by Crippen LogP contribution is 2.30. The number of rotatable bonds is 4. The summed E-state index contributed by atoms with van der Waals surface area (Å²) in [6.07, 6.45) is 3.85. The number of aromatic nitrogens is 2. The first-order chi connectivity index (χ1) is 13.9. The van der Waals surface area contributed by atoms with Crippen LogP contribution in [0.25, 0.3) is 0 Å². The highest BCUT2D eigenvalue weighted by atomic mass is 32.2. The molecule has 0 bridgehead atoms. The molecule has 29 heavy (non-hydrogen) atoms. The predicted octanol–water partition coefficient (Wildman–Crippen LogP) is 2.18. The van der Waals surface area contributed by atoms with Gasteiger partial charge in [0.05, 0.1) is 23.6 Å². The largest absolute Gasteiger partial charge is 0.368 e. The van der Waals surface area contributed by atoms with Crippen LogP contribution in [0.15, 0.2) is 35.4 Å². The molecular formula is C20H27N5O3S. The molecule has 0 spiro atoms. The quantitative estimate of drug-likeness (QED) is 0.795. The van der Waals surface area contributed by atoms with Crippen molar-refractivity contribution >= 4 is 21.6 Å². The van der Waals surface area contributed by atoms with Gasteiger partial charge in [0.1, 0.15) is 4.90 Å². The molecule has 0 radical (unpaired) electrons. The van der Waals surface area contributed by atoms with Gasteiger partial charge in [0.2, 0.25) is 10.0 Å². The third kappa shape index (κ3) is 3.76. The van der Waals surface area contributed by atoms with Gasteiger partial charge in [0.25, 0.3) is 5.91 Å². The summed E-state index contributed by atoms with van der Waals surface area (Å²) in [7, 11) is -3.57. The Bertz CT molecular complexity index is 1020. The second-order valence-electron chi connectivity index (χ2n) is 7.76. The molecule has 2 aromatic rings. The summed E-state index contributed by atoms with van der Waals surface area (Å²) in [5.41, 5.74) is 2.11. The lowest BCUT2D eigenvalue weighted by Gasteiger charge is -2.39. The van der Waals surface area contributed by atoms with Gasteiger partial charge in [0, 0.05) is 31.2 Å². The molecule has 1 aromatic heterocycles. The fourth-order valence-corrected chi connectivity index (χ4v) is 5.58. The molecule has 8 nitrogen and oxygen atoms in total. The highest BCUT2D eigenvalue weighted by molar-refractivity contribution is 7.89. The van der Waals surface area contributed by atoms with E-state index in [0.717, 1.165) is 31.5 Å². The Morgan fingerprint density at radius 2 is 2.10 bits per heavy atom. The Kier molecular flexibility index (Phi) is 5.35. The van der Waals surface area contributed by atoms with Crippen molar-refractivity contribution in [2.45, 2.75) is 50.7 Å². The standard InChI is InChI=1S/C20H27N5O3S/c1-3-10-25-14(2)16(12-21-25)20(26)24-11-6-7-15(13-24)19-22-17-8-4-5-9-18(17)29(27,28)23-19/h4-5,8-9,12,15,19,22-23H,3,6-7,10-11,13H2,1-2H3. The molecule has 4 rings (SSSR count). The number of hydrogen-bond donors (Lipinski definition) is 2. The van der Waals surface area contributed by atoms with Gasteiger partial charge in [-0.25, -0.2) is 8.42 Å². The van der Waals surface area contributed by atoms with Crippen LogP contribution in [0.1, 0.15) is 42.2 Å². The van der Waals surface area contributed by atoms with Crippen molar-refractivity contribution in [2.75, 3.05) is 18.4 Å². The van der Waals surface area contributed by atoms with E-state index in [1.807, 2.05) is 22.6 Å². The van der Waals surface area contributed by atoms with Crippen LogP contribution in [0.2, 0.25) is 0 Å². The van der Waals surface area contributed by atoms with Gasteiger partial charge >= 0.3 is 0 Å². The number of carbonyl (C=O) groups is 1. The molecule has 1 fully saturated rings. The van der Waals surface area contributed by atoms with Gasteiger partial charge in [-0.15, -0.1) is 0 Å². The number of hydrogen-bond acceptors (Lipinski definition) is 5.